The highest BCUT2D eigenvalue weighted by Gasteiger charge is 2.12. The minimum absolute atomic E-state index is 0.386. The maximum absolute atomic E-state index is 11.8. The minimum Gasteiger partial charge on any atom is -0.497 e. The number of hydrogen-bond donors (Lipinski definition) is 2. The third-order valence-corrected chi connectivity index (χ3v) is 3.90. The zero-order chi connectivity index (χ0) is 18.1. The van der Waals surface area contributed by atoms with Gasteiger partial charge in [-0.25, -0.2) is 0 Å². The molecule has 25 heavy (non-hydrogen) atoms. The zero-order valence-corrected chi connectivity index (χ0v) is 14.8. The van der Waals surface area contributed by atoms with Crippen molar-refractivity contribution in [2.75, 3.05) is 20.2 Å². The van der Waals surface area contributed by atoms with Crippen LogP contribution in [0.2, 0.25) is 5.02 Å². The van der Waals surface area contributed by atoms with E-state index in [2.05, 4.69) is 10.6 Å². The number of carbonyl (C=O) groups is 2. The maximum atomic E-state index is 11.8. The lowest BCUT2D eigenvalue weighted by Gasteiger charge is -2.08. The van der Waals surface area contributed by atoms with Gasteiger partial charge in [-0.1, -0.05) is 35.9 Å². The summed E-state index contributed by atoms with van der Waals surface area (Å²) in [7, 11) is 1.61. The molecule has 2 rings (SSSR count). The predicted molar refractivity (Wildman–Crippen MR) is 97.9 cm³/mol. The van der Waals surface area contributed by atoms with Crippen LogP contribution in [-0.2, 0) is 22.4 Å². The van der Waals surface area contributed by atoms with Gasteiger partial charge in [0.05, 0.1) is 7.11 Å². The van der Waals surface area contributed by atoms with Crippen molar-refractivity contribution in [1.82, 2.24) is 10.6 Å². The SMILES string of the molecule is COc1cccc(CCNC(=O)C(=O)NCCc2ccc(Cl)cc2)c1. The number of carbonyl (C=O) groups excluding carboxylic acids is 2. The lowest BCUT2D eigenvalue weighted by atomic mass is 10.1. The van der Waals surface area contributed by atoms with E-state index in [4.69, 9.17) is 16.3 Å². The second-order valence-electron chi connectivity index (χ2n) is 5.49. The molecule has 2 amide bonds. The molecular weight excluding hydrogens is 340 g/mol. The van der Waals surface area contributed by atoms with Crippen molar-refractivity contribution in [3.05, 3.63) is 64.7 Å². The normalized spacial score (nSPS) is 10.2. The molecule has 0 aliphatic rings. The number of hydrogen-bond acceptors (Lipinski definition) is 3. The third-order valence-electron chi connectivity index (χ3n) is 3.65. The average Bonchev–Trinajstić information content (AvgIpc) is 2.63. The van der Waals surface area contributed by atoms with Crippen molar-refractivity contribution in [3.63, 3.8) is 0 Å². The van der Waals surface area contributed by atoms with E-state index in [0.29, 0.717) is 31.0 Å². The largest absolute Gasteiger partial charge is 0.497 e. The second-order valence-corrected chi connectivity index (χ2v) is 5.93. The molecule has 6 heteroatoms. The summed E-state index contributed by atoms with van der Waals surface area (Å²) in [6.45, 7) is 0.778. The average molecular weight is 361 g/mol. The van der Waals surface area contributed by atoms with Crippen molar-refractivity contribution < 1.29 is 14.3 Å². The molecule has 2 aromatic rings. The Morgan fingerprint density at radius 1 is 0.920 bits per heavy atom. The third kappa shape index (κ3) is 6.47. The molecule has 0 saturated carbocycles. The van der Waals surface area contributed by atoms with E-state index in [1.807, 2.05) is 36.4 Å². The van der Waals surface area contributed by atoms with Crippen molar-refractivity contribution >= 4 is 23.4 Å². The van der Waals surface area contributed by atoms with Gasteiger partial charge in [0.2, 0.25) is 0 Å². The fraction of sp³-hybridized carbons (Fsp3) is 0.263. The van der Waals surface area contributed by atoms with E-state index in [-0.39, 0.29) is 0 Å². The summed E-state index contributed by atoms with van der Waals surface area (Å²) in [5.41, 5.74) is 2.07. The minimum atomic E-state index is -0.626. The van der Waals surface area contributed by atoms with E-state index in [0.717, 1.165) is 16.9 Å². The van der Waals surface area contributed by atoms with Crippen LogP contribution in [-0.4, -0.2) is 32.0 Å². The van der Waals surface area contributed by atoms with Crippen LogP contribution in [0, 0.1) is 0 Å². The molecular formula is C19H21ClN2O3. The summed E-state index contributed by atoms with van der Waals surface area (Å²) in [5, 5.41) is 5.89. The highest BCUT2D eigenvalue weighted by molar-refractivity contribution is 6.35. The Balaban J connectivity index is 1.67. The molecule has 2 aromatic carbocycles. The van der Waals surface area contributed by atoms with Crippen LogP contribution in [0.3, 0.4) is 0 Å². The molecule has 0 aliphatic carbocycles. The van der Waals surface area contributed by atoms with Crippen LogP contribution in [0.15, 0.2) is 48.5 Å². The lowest BCUT2D eigenvalue weighted by molar-refractivity contribution is -0.139. The van der Waals surface area contributed by atoms with Gasteiger partial charge in [-0.15, -0.1) is 0 Å². The van der Waals surface area contributed by atoms with Gasteiger partial charge in [0.15, 0.2) is 0 Å². The van der Waals surface area contributed by atoms with Crippen molar-refractivity contribution in [3.8, 4) is 5.75 Å². The standard InChI is InChI=1S/C19H21ClN2O3/c1-25-17-4-2-3-15(13-17)10-12-22-19(24)18(23)21-11-9-14-5-7-16(20)8-6-14/h2-8,13H,9-12H2,1H3,(H,21,23)(H,22,24). The number of methoxy groups -OCH3 is 1. The van der Waals surface area contributed by atoms with E-state index in [9.17, 15) is 9.59 Å². The van der Waals surface area contributed by atoms with Crippen LogP contribution in [0.4, 0.5) is 0 Å². The Hall–Kier alpha value is -2.53. The molecule has 0 saturated heterocycles. The van der Waals surface area contributed by atoms with Crippen LogP contribution in [0.5, 0.6) is 5.75 Å². The molecule has 5 nitrogen and oxygen atoms in total. The summed E-state index contributed by atoms with van der Waals surface area (Å²) in [6.07, 6.45) is 1.26. The number of amides is 2. The molecule has 132 valence electrons. The van der Waals surface area contributed by atoms with Crippen molar-refractivity contribution in [2.45, 2.75) is 12.8 Å². The van der Waals surface area contributed by atoms with Gasteiger partial charge in [-0.3, -0.25) is 9.59 Å². The molecule has 0 spiro atoms. The molecule has 0 aromatic heterocycles. The van der Waals surface area contributed by atoms with E-state index in [1.54, 1.807) is 19.2 Å². The van der Waals surface area contributed by atoms with E-state index < -0.39 is 11.8 Å². The van der Waals surface area contributed by atoms with Gasteiger partial charge >= 0.3 is 11.8 Å². The lowest BCUT2D eigenvalue weighted by Crippen LogP contribution is -2.41. The molecule has 0 bridgehead atoms. The quantitative estimate of drug-likeness (QED) is 0.745. The van der Waals surface area contributed by atoms with Gasteiger partial charge in [-0.05, 0) is 48.2 Å². The Morgan fingerprint density at radius 3 is 2.12 bits per heavy atom. The second kappa shape index (κ2) is 9.69. The van der Waals surface area contributed by atoms with Crippen LogP contribution >= 0.6 is 11.6 Å². The van der Waals surface area contributed by atoms with Crippen molar-refractivity contribution in [1.29, 1.82) is 0 Å². The monoisotopic (exact) mass is 360 g/mol. The van der Waals surface area contributed by atoms with Gasteiger partial charge < -0.3 is 15.4 Å². The summed E-state index contributed by atoms with van der Waals surface area (Å²) in [4.78, 5) is 23.5. The highest BCUT2D eigenvalue weighted by atomic mass is 35.5. The molecule has 0 atom stereocenters. The molecule has 2 N–H and O–H groups in total. The van der Waals surface area contributed by atoms with Crippen LogP contribution in [0.25, 0.3) is 0 Å². The number of benzene rings is 2. The maximum Gasteiger partial charge on any atom is 0.309 e. The fourth-order valence-corrected chi connectivity index (χ4v) is 2.41. The highest BCUT2D eigenvalue weighted by Crippen LogP contribution is 2.12. The van der Waals surface area contributed by atoms with Gasteiger partial charge in [0.25, 0.3) is 0 Å². The Labute approximate surface area is 152 Å². The van der Waals surface area contributed by atoms with E-state index in [1.165, 1.54) is 0 Å². The zero-order valence-electron chi connectivity index (χ0n) is 14.0. The molecule has 0 fully saturated rings. The number of ether oxygens (including phenoxy) is 1. The first-order valence-electron chi connectivity index (χ1n) is 8.02. The van der Waals surface area contributed by atoms with Crippen molar-refractivity contribution in [2.24, 2.45) is 0 Å². The topological polar surface area (TPSA) is 67.4 Å². The first kappa shape index (κ1) is 18.8. The fourth-order valence-electron chi connectivity index (χ4n) is 2.28. The number of rotatable bonds is 7. The first-order valence-corrected chi connectivity index (χ1v) is 8.39. The Bertz CT molecular complexity index is 717. The van der Waals surface area contributed by atoms with Crippen LogP contribution in [0.1, 0.15) is 11.1 Å². The van der Waals surface area contributed by atoms with Gasteiger partial charge in [-0.2, -0.15) is 0 Å². The summed E-state index contributed by atoms with van der Waals surface area (Å²) < 4.78 is 5.15. The van der Waals surface area contributed by atoms with E-state index >= 15 is 0 Å². The smallest absolute Gasteiger partial charge is 0.309 e. The molecule has 0 unspecified atom stereocenters. The molecule has 0 aliphatic heterocycles. The number of nitrogens with one attached hydrogen (secondary N) is 2. The number of halogens is 1. The first-order chi connectivity index (χ1) is 12.1. The summed E-state index contributed by atoms with van der Waals surface area (Å²) in [6, 6.07) is 15.0. The molecule has 0 radical (unpaired) electrons. The Kier molecular flexibility index (Phi) is 7.29. The summed E-state index contributed by atoms with van der Waals surface area (Å²) >= 11 is 5.82. The Morgan fingerprint density at radius 2 is 1.52 bits per heavy atom. The van der Waals surface area contributed by atoms with Gasteiger partial charge in [0.1, 0.15) is 5.75 Å². The van der Waals surface area contributed by atoms with Gasteiger partial charge in [0, 0.05) is 18.1 Å². The molecule has 0 heterocycles. The van der Waals surface area contributed by atoms with Crippen LogP contribution < -0.4 is 15.4 Å². The predicted octanol–water partition coefficient (Wildman–Crippen LogP) is 2.37. The summed E-state index contributed by atoms with van der Waals surface area (Å²) in [5.74, 6) is -0.484.